The Morgan fingerprint density at radius 2 is 1.83 bits per heavy atom. The molecule has 2 heteroatoms. The Hall–Kier alpha value is -2.06. The first-order chi connectivity index (χ1) is 8.83. The van der Waals surface area contributed by atoms with E-state index < -0.39 is 0 Å². The number of hydrogen-bond acceptors (Lipinski definition) is 2. The highest BCUT2D eigenvalue weighted by atomic mass is 14.3. The molecule has 92 valence electrons. The number of rotatable bonds is 7. The van der Waals surface area contributed by atoms with E-state index in [0.717, 1.165) is 31.2 Å². The number of aryl methyl sites for hydroxylation is 1. The maximum absolute atomic E-state index is 9.09. The standard InChI is InChI=1S/C16H18N2/c1-2-3-4-5-6-7-9-14-10-8-11-15(12-17)16(14)13-18/h2,8,10-11H,1,3-7,9H2. The van der Waals surface area contributed by atoms with Crippen molar-refractivity contribution < 1.29 is 0 Å². The Kier molecular flexibility index (Phi) is 6.30. The predicted molar refractivity (Wildman–Crippen MR) is 72.9 cm³/mol. The molecule has 0 fully saturated rings. The Morgan fingerprint density at radius 1 is 1.06 bits per heavy atom. The number of benzene rings is 1. The zero-order valence-corrected chi connectivity index (χ0v) is 10.7. The third-order valence-corrected chi connectivity index (χ3v) is 2.99. The van der Waals surface area contributed by atoms with Crippen LogP contribution in [0.1, 0.15) is 48.8 Å². The third-order valence-electron chi connectivity index (χ3n) is 2.99. The van der Waals surface area contributed by atoms with E-state index in [4.69, 9.17) is 10.5 Å². The summed E-state index contributed by atoms with van der Waals surface area (Å²) in [6.07, 6.45) is 8.53. The van der Waals surface area contributed by atoms with E-state index in [-0.39, 0.29) is 0 Å². The van der Waals surface area contributed by atoms with Crippen LogP contribution in [-0.2, 0) is 6.42 Å². The molecule has 18 heavy (non-hydrogen) atoms. The minimum atomic E-state index is 0.488. The predicted octanol–water partition coefficient (Wildman–Crippen LogP) is 4.11. The SMILES string of the molecule is C=CCCCCCCc1cccc(C#N)c1C#N. The van der Waals surface area contributed by atoms with Gasteiger partial charge in [0.1, 0.15) is 12.1 Å². The largest absolute Gasteiger partial charge is 0.192 e. The minimum Gasteiger partial charge on any atom is -0.192 e. The Balaban J connectivity index is 2.50. The normalized spacial score (nSPS) is 9.44. The highest BCUT2D eigenvalue weighted by Gasteiger charge is 2.06. The fraction of sp³-hybridized carbons (Fsp3) is 0.375. The molecule has 1 rings (SSSR count). The zero-order valence-electron chi connectivity index (χ0n) is 10.7. The molecule has 0 bridgehead atoms. The van der Waals surface area contributed by atoms with E-state index in [1.54, 1.807) is 6.07 Å². The molecule has 0 saturated carbocycles. The van der Waals surface area contributed by atoms with E-state index in [1.807, 2.05) is 18.2 Å². The molecule has 0 aliphatic rings. The van der Waals surface area contributed by atoms with Gasteiger partial charge in [0.2, 0.25) is 0 Å². The number of allylic oxidation sites excluding steroid dienone is 1. The summed E-state index contributed by atoms with van der Waals surface area (Å²) in [7, 11) is 0. The highest BCUT2D eigenvalue weighted by molar-refractivity contribution is 5.50. The molecule has 0 aliphatic carbocycles. The van der Waals surface area contributed by atoms with Gasteiger partial charge < -0.3 is 0 Å². The van der Waals surface area contributed by atoms with Crippen molar-refractivity contribution in [2.24, 2.45) is 0 Å². The summed E-state index contributed by atoms with van der Waals surface area (Å²) in [6.45, 7) is 3.70. The summed E-state index contributed by atoms with van der Waals surface area (Å²) in [6, 6.07) is 9.71. The summed E-state index contributed by atoms with van der Waals surface area (Å²) >= 11 is 0. The van der Waals surface area contributed by atoms with Gasteiger partial charge in [-0.2, -0.15) is 10.5 Å². The van der Waals surface area contributed by atoms with Crippen molar-refractivity contribution in [1.82, 2.24) is 0 Å². The fourth-order valence-corrected chi connectivity index (χ4v) is 1.99. The zero-order chi connectivity index (χ0) is 13.2. The molecule has 0 N–H and O–H groups in total. The maximum Gasteiger partial charge on any atom is 0.101 e. The molecule has 2 nitrogen and oxygen atoms in total. The summed E-state index contributed by atoms with van der Waals surface area (Å²) < 4.78 is 0. The van der Waals surface area contributed by atoms with Crippen molar-refractivity contribution in [3.8, 4) is 12.1 Å². The van der Waals surface area contributed by atoms with Crippen LogP contribution in [0.3, 0.4) is 0 Å². The molecule has 0 unspecified atom stereocenters. The van der Waals surface area contributed by atoms with Crippen molar-refractivity contribution in [3.63, 3.8) is 0 Å². The van der Waals surface area contributed by atoms with E-state index in [1.165, 1.54) is 12.8 Å². The molecule has 0 saturated heterocycles. The number of nitriles is 2. The Labute approximate surface area is 109 Å². The van der Waals surface area contributed by atoms with Gasteiger partial charge in [-0.05, 0) is 37.3 Å². The van der Waals surface area contributed by atoms with E-state index in [0.29, 0.717) is 11.1 Å². The molecule has 0 atom stereocenters. The van der Waals surface area contributed by atoms with Gasteiger partial charge in [-0.25, -0.2) is 0 Å². The monoisotopic (exact) mass is 238 g/mol. The summed E-state index contributed by atoms with van der Waals surface area (Å²) in [5.41, 5.74) is 2.04. The van der Waals surface area contributed by atoms with Crippen LogP contribution in [0.5, 0.6) is 0 Å². The Morgan fingerprint density at radius 3 is 2.50 bits per heavy atom. The summed E-state index contributed by atoms with van der Waals surface area (Å²) in [5, 5.41) is 18.0. The highest BCUT2D eigenvalue weighted by Crippen LogP contribution is 2.16. The van der Waals surface area contributed by atoms with Gasteiger partial charge in [-0.15, -0.1) is 6.58 Å². The van der Waals surface area contributed by atoms with Gasteiger partial charge in [-0.1, -0.05) is 31.1 Å². The van der Waals surface area contributed by atoms with Crippen molar-refractivity contribution >= 4 is 0 Å². The fourth-order valence-electron chi connectivity index (χ4n) is 1.99. The number of unbranched alkanes of at least 4 members (excludes halogenated alkanes) is 4. The maximum atomic E-state index is 9.09. The molecule has 0 amide bonds. The van der Waals surface area contributed by atoms with E-state index in [2.05, 4.69) is 18.7 Å². The topological polar surface area (TPSA) is 47.6 Å². The van der Waals surface area contributed by atoms with Crippen LogP contribution in [0.4, 0.5) is 0 Å². The molecule has 0 aromatic heterocycles. The molecule has 0 heterocycles. The molecular formula is C16H18N2. The number of hydrogen-bond donors (Lipinski definition) is 0. The molecular weight excluding hydrogens is 220 g/mol. The van der Waals surface area contributed by atoms with Crippen LogP contribution >= 0.6 is 0 Å². The van der Waals surface area contributed by atoms with Crippen LogP contribution in [0, 0.1) is 22.7 Å². The van der Waals surface area contributed by atoms with Crippen molar-refractivity contribution in [2.75, 3.05) is 0 Å². The lowest BCUT2D eigenvalue weighted by molar-refractivity contribution is 0.646. The first kappa shape index (κ1) is 14.0. The first-order valence-corrected chi connectivity index (χ1v) is 6.36. The molecule has 0 radical (unpaired) electrons. The van der Waals surface area contributed by atoms with Gasteiger partial charge in [0.15, 0.2) is 0 Å². The minimum absolute atomic E-state index is 0.488. The second-order valence-electron chi connectivity index (χ2n) is 4.30. The van der Waals surface area contributed by atoms with Gasteiger partial charge in [0.25, 0.3) is 0 Å². The van der Waals surface area contributed by atoms with Crippen LogP contribution in [-0.4, -0.2) is 0 Å². The molecule has 0 spiro atoms. The van der Waals surface area contributed by atoms with Crippen molar-refractivity contribution in [2.45, 2.75) is 38.5 Å². The quantitative estimate of drug-likeness (QED) is 0.530. The second-order valence-corrected chi connectivity index (χ2v) is 4.30. The second kappa shape index (κ2) is 8.09. The van der Waals surface area contributed by atoms with Crippen LogP contribution < -0.4 is 0 Å². The lowest BCUT2D eigenvalue weighted by atomic mass is 9.98. The summed E-state index contributed by atoms with van der Waals surface area (Å²) in [5.74, 6) is 0. The van der Waals surface area contributed by atoms with E-state index >= 15 is 0 Å². The first-order valence-electron chi connectivity index (χ1n) is 6.36. The van der Waals surface area contributed by atoms with Gasteiger partial charge in [0, 0.05) is 0 Å². The number of nitrogens with zero attached hydrogens (tertiary/aromatic N) is 2. The van der Waals surface area contributed by atoms with E-state index in [9.17, 15) is 0 Å². The molecule has 0 aliphatic heterocycles. The molecule has 1 aromatic rings. The van der Waals surface area contributed by atoms with Crippen LogP contribution in [0.2, 0.25) is 0 Å². The lowest BCUT2D eigenvalue weighted by Crippen LogP contribution is -1.94. The average Bonchev–Trinajstić information content (AvgIpc) is 2.42. The third kappa shape index (κ3) is 4.07. The van der Waals surface area contributed by atoms with Crippen molar-refractivity contribution in [3.05, 3.63) is 47.5 Å². The van der Waals surface area contributed by atoms with Gasteiger partial charge in [0.05, 0.1) is 11.1 Å². The summed E-state index contributed by atoms with van der Waals surface area (Å²) in [4.78, 5) is 0. The van der Waals surface area contributed by atoms with Crippen molar-refractivity contribution in [1.29, 1.82) is 10.5 Å². The average molecular weight is 238 g/mol. The lowest BCUT2D eigenvalue weighted by Gasteiger charge is -2.05. The Bertz CT molecular complexity index is 475. The van der Waals surface area contributed by atoms with Gasteiger partial charge in [-0.3, -0.25) is 0 Å². The van der Waals surface area contributed by atoms with Crippen LogP contribution in [0.15, 0.2) is 30.9 Å². The van der Waals surface area contributed by atoms with Gasteiger partial charge >= 0.3 is 0 Å². The smallest absolute Gasteiger partial charge is 0.101 e. The molecule has 1 aromatic carbocycles. The van der Waals surface area contributed by atoms with Crippen LogP contribution in [0.25, 0.3) is 0 Å².